The molecule has 0 aliphatic carbocycles. The van der Waals surface area contributed by atoms with E-state index in [0.717, 1.165) is 17.7 Å². The molecule has 1 heterocycles. The molecule has 0 fully saturated rings. The minimum Gasteiger partial charge on any atom is -0.495 e. The molecule has 0 unspecified atom stereocenters. The molecule has 1 N–H and O–H groups in total. The van der Waals surface area contributed by atoms with Gasteiger partial charge < -0.3 is 19.5 Å². The van der Waals surface area contributed by atoms with E-state index in [1.54, 1.807) is 24.3 Å². The summed E-state index contributed by atoms with van der Waals surface area (Å²) < 4.78 is 16.7. The van der Waals surface area contributed by atoms with E-state index < -0.39 is 5.91 Å². The quantitative estimate of drug-likeness (QED) is 0.608. The molecule has 1 aliphatic heterocycles. The minimum atomic E-state index is -0.524. The molecule has 28 heavy (non-hydrogen) atoms. The zero-order valence-corrected chi connectivity index (χ0v) is 16.1. The second-order valence-corrected chi connectivity index (χ2v) is 6.39. The number of ether oxygens (including phenoxy) is 3. The first kappa shape index (κ1) is 19.3. The standard InChI is InChI=1S/C22H22N2O4/c1-4-27-20-11-15-9-14(2)28-21(15)12-16(20)10-17(13-23)22(25)24-18-7-5-6-8-19(18)26-3/h5-8,10-12,14H,4,9H2,1-3H3,(H,24,25)/b17-10+/t14-/m0/s1. The highest BCUT2D eigenvalue weighted by molar-refractivity contribution is 6.10. The van der Waals surface area contributed by atoms with Crippen molar-refractivity contribution in [2.24, 2.45) is 0 Å². The zero-order valence-electron chi connectivity index (χ0n) is 16.1. The molecule has 6 nitrogen and oxygen atoms in total. The second kappa shape index (κ2) is 8.49. The van der Waals surface area contributed by atoms with E-state index in [4.69, 9.17) is 14.2 Å². The monoisotopic (exact) mass is 378 g/mol. The average molecular weight is 378 g/mol. The largest absolute Gasteiger partial charge is 0.495 e. The molecule has 1 aliphatic rings. The maximum absolute atomic E-state index is 12.6. The van der Waals surface area contributed by atoms with Crippen LogP contribution >= 0.6 is 0 Å². The first-order valence-electron chi connectivity index (χ1n) is 9.08. The molecule has 1 atom stereocenters. The van der Waals surface area contributed by atoms with E-state index >= 15 is 0 Å². The molecule has 2 aromatic carbocycles. The molecule has 3 rings (SSSR count). The van der Waals surface area contributed by atoms with Crippen LogP contribution in [0.4, 0.5) is 5.69 Å². The van der Waals surface area contributed by atoms with Gasteiger partial charge in [0.05, 0.1) is 19.4 Å². The van der Waals surface area contributed by atoms with Crippen molar-refractivity contribution in [1.82, 2.24) is 0 Å². The second-order valence-electron chi connectivity index (χ2n) is 6.39. The predicted octanol–water partition coefficient (Wildman–Crippen LogP) is 3.96. The number of hydrogen-bond acceptors (Lipinski definition) is 5. The van der Waals surface area contributed by atoms with Gasteiger partial charge in [-0.15, -0.1) is 0 Å². The fourth-order valence-corrected chi connectivity index (χ4v) is 3.09. The van der Waals surface area contributed by atoms with Crippen molar-refractivity contribution in [2.45, 2.75) is 26.4 Å². The Morgan fingerprint density at radius 2 is 2.14 bits per heavy atom. The summed E-state index contributed by atoms with van der Waals surface area (Å²) in [5.74, 6) is 1.37. The van der Waals surface area contributed by atoms with E-state index in [1.165, 1.54) is 13.2 Å². The van der Waals surface area contributed by atoms with Crippen LogP contribution in [0.5, 0.6) is 17.2 Å². The summed E-state index contributed by atoms with van der Waals surface area (Å²) in [6, 6.07) is 12.7. The van der Waals surface area contributed by atoms with Crippen molar-refractivity contribution >= 4 is 17.7 Å². The van der Waals surface area contributed by atoms with Crippen LogP contribution in [0.25, 0.3) is 6.08 Å². The number of nitriles is 1. The van der Waals surface area contributed by atoms with Gasteiger partial charge in [-0.2, -0.15) is 5.26 Å². The molecule has 0 bridgehead atoms. The van der Waals surface area contributed by atoms with E-state index in [0.29, 0.717) is 29.4 Å². The molecule has 6 heteroatoms. The van der Waals surface area contributed by atoms with E-state index in [-0.39, 0.29) is 11.7 Å². The molecule has 0 saturated heterocycles. The first-order valence-corrected chi connectivity index (χ1v) is 9.08. The summed E-state index contributed by atoms with van der Waals surface area (Å²) in [5.41, 5.74) is 2.14. The first-order chi connectivity index (χ1) is 13.5. The Bertz CT molecular complexity index is 959. The lowest BCUT2D eigenvalue weighted by molar-refractivity contribution is -0.112. The van der Waals surface area contributed by atoms with E-state index in [9.17, 15) is 10.1 Å². The Morgan fingerprint density at radius 3 is 2.86 bits per heavy atom. The Kier molecular flexibility index (Phi) is 5.85. The number of carbonyl (C=O) groups excluding carboxylic acids is 1. The van der Waals surface area contributed by atoms with Crippen molar-refractivity contribution < 1.29 is 19.0 Å². The fourth-order valence-electron chi connectivity index (χ4n) is 3.09. The SMILES string of the molecule is CCOc1cc2c(cc1/C=C(\C#N)C(=O)Nc1ccccc1OC)O[C@@H](C)C2. The number of fused-ring (bicyclic) bond motifs is 1. The topological polar surface area (TPSA) is 80.6 Å². The number of benzene rings is 2. The number of para-hydroxylation sites is 2. The van der Waals surface area contributed by atoms with Gasteiger partial charge in [0.25, 0.3) is 5.91 Å². The summed E-state index contributed by atoms with van der Waals surface area (Å²) in [7, 11) is 1.52. The Balaban J connectivity index is 1.93. The Labute approximate surface area is 164 Å². The van der Waals surface area contributed by atoms with Crippen LogP contribution in [0.15, 0.2) is 42.0 Å². The Morgan fingerprint density at radius 1 is 1.36 bits per heavy atom. The average Bonchev–Trinajstić information content (AvgIpc) is 3.05. The van der Waals surface area contributed by atoms with Gasteiger partial charge in [0.15, 0.2) is 0 Å². The van der Waals surface area contributed by atoms with Crippen LogP contribution < -0.4 is 19.5 Å². The summed E-state index contributed by atoms with van der Waals surface area (Å²) >= 11 is 0. The highest BCUT2D eigenvalue weighted by Crippen LogP contribution is 2.36. The third kappa shape index (κ3) is 4.09. The van der Waals surface area contributed by atoms with E-state index in [1.807, 2.05) is 32.0 Å². The summed E-state index contributed by atoms with van der Waals surface area (Å²) in [5, 5.41) is 12.3. The van der Waals surface area contributed by atoms with Crippen molar-refractivity contribution in [3.8, 4) is 23.3 Å². The van der Waals surface area contributed by atoms with Gasteiger partial charge in [-0.05, 0) is 44.2 Å². The van der Waals surface area contributed by atoms with Gasteiger partial charge in [0.1, 0.15) is 35.0 Å². The predicted molar refractivity (Wildman–Crippen MR) is 107 cm³/mol. The number of nitrogens with zero attached hydrogens (tertiary/aromatic N) is 1. The zero-order chi connectivity index (χ0) is 20.1. The van der Waals surface area contributed by atoms with Crippen molar-refractivity contribution in [1.29, 1.82) is 5.26 Å². The van der Waals surface area contributed by atoms with Crippen LogP contribution in [0, 0.1) is 11.3 Å². The van der Waals surface area contributed by atoms with Crippen LogP contribution in [0.1, 0.15) is 25.0 Å². The summed E-state index contributed by atoms with van der Waals surface area (Å²) in [6.45, 7) is 4.36. The van der Waals surface area contributed by atoms with Crippen LogP contribution in [-0.4, -0.2) is 25.7 Å². The smallest absolute Gasteiger partial charge is 0.266 e. The summed E-state index contributed by atoms with van der Waals surface area (Å²) in [6.07, 6.45) is 2.41. The number of nitrogens with one attached hydrogen (secondary N) is 1. The van der Waals surface area contributed by atoms with Gasteiger partial charge in [-0.3, -0.25) is 4.79 Å². The third-order valence-corrected chi connectivity index (χ3v) is 4.35. The molecule has 0 radical (unpaired) electrons. The molecule has 0 aromatic heterocycles. The molecule has 1 amide bonds. The highest BCUT2D eigenvalue weighted by atomic mass is 16.5. The van der Waals surface area contributed by atoms with Crippen molar-refractivity contribution in [3.05, 3.63) is 53.1 Å². The van der Waals surface area contributed by atoms with Gasteiger partial charge in [-0.25, -0.2) is 0 Å². The fraction of sp³-hybridized carbons (Fsp3) is 0.273. The lowest BCUT2D eigenvalue weighted by Crippen LogP contribution is -2.14. The minimum absolute atomic E-state index is 0.0437. The van der Waals surface area contributed by atoms with Crippen molar-refractivity contribution in [3.63, 3.8) is 0 Å². The number of hydrogen-bond donors (Lipinski definition) is 1. The van der Waals surface area contributed by atoms with Crippen LogP contribution in [-0.2, 0) is 11.2 Å². The van der Waals surface area contributed by atoms with E-state index in [2.05, 4.69) is 5.32 Å². The lowest BCUT2D eigenvalue weighted by atomic mass is 10.0. The Hall–Kier alpha value is -3.46. The number of anilines is 1. The number of methoxy groups -OCH3 is 1. The van der Waals surface area contributed by atoms with Crippen molar-refractivity contribution in [2.75, 3.05) is 19.0 Å². The van der Waals surface area contributed by atoms with Gasteiger partial charge in [0.2, 0.25) is 0 Å². The maximum Gasteiger partial charge on any atom is 0.266 e. The normalized spacial score (nSPS) is 15.2. The number of amides is 1. The maximum atomic E-state index is 12.6. The van der Waals surface area contributed by atoms with Gasteiger partial charge in [0, 0.05) is 17.5 Å². The number of carbonyl (C=O) groups is 1. The molecule has 0 saturated carbocycles. The lowest BCUT2D eigenvalue weighted by Gasteiger charge is -2.11. The highest BCUT2D eigenvalue weighted by Gasteiger charge is 2.22. The molecule has 2 aromatic rings. The third-order valence-electron chi connectivity index (χ3n) is 4.35. The van der Waals surface area contributed by atoms with Gasteiger partial charge in [-0.1, -0.05) is 12.1 Å². The molecule has 0 spiro atoms. The van der Waals surface area contributed by atoms with Gasteiger partial charge >= 0.3 is 0 Å². The molecular weight excluding hydrogens is 356 g/mol. The molecular formula is C22H22N2O4. The molecule has 144 valence electrons. The van der Waals surface area contributed by atoms with Crippen LogP contribution in [0.2, 0.25) is 0 Å². The van der Waals surface area contributed by atoms with Crippen LogP contribution in [0.3, 0.4) is 0 Å². The number of rotatable bonds is 6. The summed E-state index contributed by atoms with van der Waals surface area (Å²) in [4.78, 5) is 12.6.